The smallest absolute Gasteiger partial charge is 0.416 e. The number of halogens is 3. The lowest BCUT2D eigenvalue weighted by Gasteiger charge is -2.06. The number of pyridine rings is 1. The van der Waals surface area contributed by atoms with Gasteiger partial charge in [-0.2, -0.15) is 13.2 Å². The fraction of sp³-hybridized carbons (Fsp3) is 0.125. The van der Waals surface area contributed by atoms with Gasteiger partial charge in [-0.05, 0) is 36.8 Å². The summed E-state index contributed by atoms with van der Waals surface area (Å²) in [4.78, 5) is 15.3. The fourth-order valence-electron chi connectivity index (χ4n) is 2.23. The Bertz CT molecular complexity index is 993. The van der Waals surface area contributed by atoms with Crippen LogP contribution in [0.3, 0.4) is 0 Å². The number of imidazole rings is 1. The number of hydrogen-bond acceptors (Lipinski definition) is 4. The molecule has 25 heavy (non-hydrogen) atoms. The SMILES string of the molecule is Cc1ccc2nc(C(=O)O)c(N=Nc3cccc(C(F)(F)F)c3)n2c1. The topological polar surface area (TPSA) is 79.3 Å². The molecule has 3 rings (SSSR count). The number of nitrogens with zero attached hydrogens (tertiary/aromatic N) is 4. The molecule has 3 aromatic rings. The minimum absolute atomic E-state index is 0.0474. The zero-order valence-corrected chi connectivity index (χ0v) is 12.8. The molecule has 2 aromatic heterocycles. The normalized spacial score (nSPS) is 12.2. The first-order valence-corrected chi connectivity index (χ1v) is 7.07. The van der Waals surface area contributed by atoms with Crippen LogP contribution in [0.15, 0.2) is 52.8 Å². The number of carbonyl (C=O) groups is 1. The minimum Gasteiger partial charge on any atom is -0.476 e. The second-order valence-corrected chi connectivity index (χ2v) is 5.27. The maximum absolute atomic E-state index is 12.7. The number of fused-ring (bicyclic) bond motifs is 1. The Hall–Kier alpha value is -3.23. The molecule has 0 radical (unpaired) electrons. The molecule has 0 bridgehead atoms. The number of benzene rings is 1. The van der Waals surface area contributed by atoms with Gasteiger partial charge in [0.05, 0.1) is 11.3 Å². The summed E-state index contributed by atoms with van der Waals surface area (Å²) in [6, 6.07) is 7.66. The lowest BCUT2D eigenvalue weighted by atomic mass is 10.2. The average Bonchev–Trinajstić information content (AvgIpc) is 2.90. The van der Waals surface area contributed by atoms with Crippen molar-refractivity contribution in [1.82, 2.24) is 9.38 Å². The fourth-order valence-corrected chi connectivity index (χ4v) is 2.23. The lowest BCUT2D eigenvalue weighted by Crippen LogP contribution is -2.03. The van der Waals surface area contributed by atoms with E-state index >= 15 is 0 Å². The van der Waals surface area contributed by atoms with E-state index in [1.54, 1.807) is 25.3 Å². The Morgan fingerprint density at radius 1 is 1.20 bits per heavy atom. The van der Waals surface area contributed by atoms with Gasteiger partial charge in [-0.3, -0.25) is 4.40 Å². The number of aryl methyl sites for hydroxylation is 1. The lowest BCUT2D eigenvalue weighted by molar-refractivity contribution is -0.137. The van der Waals surface area contributed by atoms with Crippen LogP contribution in [0, 0.1) is 6.92 Å². The minimum atomic E-state index is -4.50. The Balaban J connectivity index is 2.08. The molecule has 0 fully saturated rings. The van der Waals surface area contributed by atoms with Crippen LogP contribution in [0.5, 0.6) is 0 Å². The van der Waals surface area contributed by atoms with Crippen molar-refractivity contribution in [2.45, 2.75) is 13.1 Å². The van der Waals surface area contributed by atoms with Gasteiger partial charge < -0.3 is 5.11 Å². The van der Waals surface area contributed by atoms with E-state index in [2.05, 4.69) is 15.2 Å². The van der Waals surface area contributed by atoms with Crippen molar-refractivity contribution >= 4 is 23.1 Å². The predicted molar refractivity (Wildman–Crippen MR) is 82.5 cm³/mol. The van der Waals surface area contributed by atoms with E-state index in [-0.39, 0.29) is 17.2 Å². The second-order valence-electron chi connectivity index (χ2n) is 5.27. The monoisotopic (exact) mass is 348 g/mol. The molecule has 0 aliphatic heterocycles. The van der Waals surface area contributed by atoms with Gasteiger partial charge in [-0.25, -0.2) is 9.78 Å². The van der Waals surface area contributed by atoms with Crippen molar-refractivity contribution in [3.8, 4) is 0 Å². The third kappa shape index (κ3) is 3.35. The molecule has 128 valence electrons. The standard InChI is InChI=1S/C16H11F3N4O2/c1-9-5-6-12-20-13(15(24)25)14(23(12)8-9)22-21-11-4-2-3-10(7-11)16(17,18)19/h2-8H,1H3,(H,24,25). The summed E-state index contributed by atoms with van der Waals surface area (Å²) >= 11 is 0. The van der Waals surface area contributed by atoms with Crippen LogP contribution < -0.4 is 0 Å². The summed E-state index contributed by atoms with van der Waals surface area (Å²) in [5.74, 6) is -1.37. The number of alkyl halides is 3. The summed E-state index contributed by atoms with van der Waals surface area (Å²) in [6.45, 7) is 1.80. The van der Waals surface area contributed by atoms with Crippen molar-refractivity contribution in [1.29, 1.82) is 0 Å². The Morgan fingerprint density at radius 2 is 1.96 bits per heavy atom. The van der Waals surface area contributed by atoms with E-state index in [1.807, 2.05) is 0 Å². The molecule has 9 heteroatoms. The van der Waals surface area contributed by atoms with Gasteiger partial charge in [-0.1, -0.05) is 12.1 Å². The Morgan fingerprint density at radius 3 is 2.64 bits per heavy atom. The van der Waals surface area contributed by atoms with Crippen LogP contribution in [0.1, 0.15) is 21.6 Å². The van der Waals surface area contributed by atoms with Crippen molar-refractivity contribution in [2.24, 2.45) is 10.2 Å². The molecule has 0 spiro atoms. The molecule has 2 heterocycles. The van der Waals surface area contributed by atoms with E-state index in [0.717, 1.165) is 17.7 Å². The maximum Gasteiger partial charge on any atom is 0.416 e. The molecule has 0 unspecified atom stereocenters. The molecule has 0 saturated carbocycles. The number of aromatic carboxylic acids is 1. The third-order valence-corrected chi connectivity index (χ3v) is 3.38. The second kappa shape index (κ2) is 6.00. The first kappa shape index (κ1) is 16.6. The van der Waals surface area contributed by atoms with Crippen LogP contribution in [0.2, 0.25) is 0 Å². The van der Waals surface area contributed by atoms with Gasteiger partial charge in [0.15, 0.2) is 11.5 Å². The average molecular weight is 348 g/mol. The van der Waals surface area contributed by atoms with E-state index in [0.29, 0.717) is 5.65 Å². The predicted octanol–water partition coefficient (Wildman–Crippen LogP) is 4.78. The summed E-state index contributed by atoms with van der Waals surface area (Å²) in [5.41, 5.74) is -0.0650. The molecular weight excluding hydrogens is 337 g/mol. The summed E-state index contributed by atoms with van der Waals surface area (Å²) in [7, 11) is 0. The molecular formula is C16H11F3N4O2. The maximum atomic E-state index is 12.7. The van der Waals surface area contributed by atoms with E-state index < -0.39 is 17.7 Å². The first-order valence-electron chi connectivity index (χ1n) is 7.07. The van der Waals surface area contributed by atoms with Crippen LogP contribution >= 0.6 is 0 Å². The molecule has 0 aliphatic carbocycles. The van der Waals surface area contributed by atoms with Crippen molar-refractivity contribution in [2.75, 3.05) is 0 Å². The third-order valence-electron chi connectivity index (χ3n) is 3.38. The van der Waals surface area contributed by atoms with E-state index in [1.165, 1.54) is 16.5 Å². The molecule has 0 aliphatic rings. The van der Waals surface area contributed by atoms with Gasteiger partial charge in [0.1, 0.15) is 5.65 Å². The Labute approximate surface area is 139 Å². The summed E-state index contributed by atoms with van der Waals surface area (Å²) < 4.78 is 39.6. The van der Waals surface area contributed by atoms with Crippen LogP contribution in [-0.4, -0.2) is 20.5 Å². The molecule has 1 N–H and O–H groups in total. The zero-order chi connectivity index (χ0) is 18.2. The number of rotatable bonds is 3. The summed E-state index contributed by atoms with van der Waals surface area (Å²) in [5, 5.41) is 16.8. The quantitative estimate of drug-likeness (QED) is 0.692. The molecule has 1 aromatic carbocycles. The molecule has 0 atom stereocenters. The highest BCUT2D eigenvalue weighted by atomic mass is 19.4. The van der Waals surface area contributed by atoms with Gasteiger partial charge in [-0.15, -0.1) is 10.2 Å². The number of hydrogen-bond donors (Lipinski definition) is 1. The van der Waals surface area contributed by atoms with Gasteiger partial charge in [0.2, 0.25) is 0 Å². The van der Waals surface area contributed by atoms with Gasteiger partial charge >= 0.3 is 12.1 Å². The zero-order valence-electron chi connectivity index (χ0n) is 12.8. The highest BCUT2D eigenvalue weighted by Gasteiger charge is 2.30. The van der Waals surface area contributed by atoms with Crippen LogP contribution in [-0.2, 0) is 6.18 Å². The molecule has 6 nitrogen and oxygen atoms in total. The Kier molecular flexibility index (Phi) is 3.99. The first-order chi connectivity index (χ1) is 11.8. The van der Waals surface area contributed by atoms with Crippen molar-refractivity contribution < 1.29 is 23.1 Å². The number of carboxylic acids is 1. The van der Waals surface area contributed by atoms with Crippen LogP contribution in [0.25, 0.3) is 5.65 Å². The van der Waals surface area contributed by atoms with Gasteiger partial charge in [0, 0.05) is 6.20 Å². The van der Waals surface area contributed by atoms with Crippen molar-refractivity contribution in [3.05, 3.63) is 59.4 Å². The molecule has 0 amide bonds. The van der Waals surface area contributed by atoms with Crippen molar-refractivity contribution in [3.63, 3.8) is 0 Å². The molecule has 0 saturated heterocycles. The van der Waals surface area contributed by atoms with E-state index in [9.17, 15) is 23.1 Å². The summed E-state index contributed by atoms with van der Waals surface area (Å²) in [6.07, 6.45) is -2.88. The number of azo groups is 1. The highest BCUT2D eigenvalue weighted by molar-refractivity contribution is 5.91. The van der Waals surface area contributed by atoms with Crippen LogP contribution in [0.4, 0.5) is 24.7 Å². The van der Waals surface area contributed by atoms with E-state index in [4.69, 9.17) is 0 Å². The number of carboxylic acid groups (broad SMARTS) is 1. The van der Waals surface area contributed by atoms with Gasteiger partial charge in [0.25, 0.3) is 0 Å². The highest BCUT2D eigenvalue weighted by Crippen LogP contribution is 2.32. The largest absolute Gasteiger partial charge is 0.476 e. The number of aromatic nitrogens is 2.